The highest BCUT2D eigenvalue weighted by molar-refractivity contribution is 7.89. The number of piperidine rings is 1. The maximum atomic E-state index is 13.0. The molecule has 1 aromatic carbocycles. The van der Waals surface area contributed by atoms with Gasteiger partial charge in [0.05, 0.1) is 12.0 Å². The highest BCUT2D eigenvalue weighted by atomic mass is 32.2. The number of likely N-dealkylation sites (tertiary alicyclic amines) is 1. The van der Waals surface area contributed by atoms with Crippen LogP contribution in [-0.4, -0.2) is 69.9 Å². The summed E-state index contributed by atoms with van der Waals surface area (Å²) < 4.78 is 32.8. The predicted molar refractivity (Wildman–Crippen MR) is 117 cm³/mol. The summed E-state index contributed by atoms with van der Waals surface area (Å²) in [5.74, 6) is 1.14. The number of rotatable bonds is 9. The molecular weight excluding hydrogens is 402 g/mol. The molecule has 2 aliphatic heterocycles. The molecule has 3 rings (SSSR count). The number of carbonyl (C=O) groups excluding carboxylic acids is 1. The average Bonchev–Trinajstić information content (AvgIpc) is 3.27. The molecule has 30 heavy (non-hydrogen) atoms. The van der Waals surface area contributed by atoms with Crippen LogP contribution in [0.2, 0.25) is 0 Å². The number of nitrogens with zero attached hydrogens (tertiary/aromatic N) is 2. The van der Waals surface area contributed by atoms with Crippen LogP contribution in [0.5, 0.6) is 5.75 Å². The molecule has 0 bridgehead atoms. The molecule has 0 spiro atoms. The van der Waals surface area contributed by atoms with E-state index in [9.17, 15) is 13.2 Å². The molecule has 2 aliphatic rings. The summed E-state index contributed by atoms with van der Waals surface area (Å²) in [7, 11) is -1.98. The number of benzene rings is 1. The Labute approximate surface area is 180 Å². The van der Waals surface area contributed by atoms with Gasteiger partial charge in [0.1, 0.15) is 5.75 Å². The molecule has 2 heterocycles. The molecule has 168 valence electrons. The first-order valence-electron chi connectivity index (χ1n) is 11.1. The van der Waals surface area contributed by atoms with E-state index in [4.69, 9.17) is 4.74 Å². The zero-order valence-electron chi connectivity index (χ0n) is 18.2. The van der Waals surface area contributed by atoms with Crippen molar-refractivity contribution < 1.29 is 17.9 Å². The third-order valence-corrected chi connectivity index (χ3v) is 8.35. The number of hydrogen-bond acceptors (Lipinski definition) is 5. The molecule has 1 N–H and O–H groups in total. The topological polar surface area (TPSA) is 78.9 Å². The van der Waals surface area contributed by atoms with Gasteiger partial charge in [-0.3, -0.25) is 4.79 Å². The van der Waals surface area contributed by atoms with Gasteiger partial charge in [0.25, 0.3) is 0 Å². The van der Waals surface area contributed by atoms with Gasteiger partial charge in [-0.1, -0.05) is 13.3 Å². The molecule has 0 unspecified atom stereocenters. The van der Waals surface area contributed by atoms with Gasteiger partial charge in [-0.15, -0.1) is 0 Å². The predicted octanol–water partition coefficient (Wildman–Crippen LogP) is 2.33. The fraction of sp³-hybridized carbons (Fsp3) is 0.682. The van der Waals surface area contributed by atoms with Crippen LogP contribution in [0.25, 0.3) is 0 Å². The van der Waals surface area contributed by atoms with Gasteiger partial charge < -0.3 is 15.0 Å². The lowest BCUT2D eigenvalue weighted by molar-refractivity contribution is -0.122. The molecule has 2 saturated heterocycles. The maximum Gasteiger partial charge on any atom is 0.243 e. The Bertz CT molecular complexity index is 791. The van der Waals surface area contributed by atoms with Crippen molar-refractivity contribution in [3.63, 3.8) is 0 Å². The highest BCUT2D eigenvalue weighted by Gasteiger charge is 2.35. The first kappa shape index (κ1) is 23.0. The van der Waals surface area contributed by atoms with Crippen molar-refractivity contribution in [2.75, 3.05) is 46.4 Å². The molecule has 2 atom stereocenters. The largest absolute Gasteiger partial charge is 0.497 e. The van der Waals surface area contributed by atoms with Crippen LogP contribution in [0.4, 0.5) is 0 Å². The zero-order valence-corrected chi connectivity index (χ0v) is 19.0. The van der Waals surface area contributed by atoms with Crippen molar-refractivity contribution in [3.8, 4) is 5.75 Å². The second-order valence-electron chi connectivity index (χ2n) is 8.36. The number of sulfonamides is 1. The Morgan fingerprint density at radius 1 is 1.13 bits per heavy atom. The minimum Gasteiger partial charge on any atom is -0.497 e. The Balaban J connectivity index is 1.52. The summed E-state index contributed by atoms with van der Waals surface area (Å²) >= 11 is 0. The van der Waals surface area contributed by atoms with E-state index in [-0.39, 0.29) is 22.6 Å². The lowest BCUT2D eigenvalue weighted by Gasteiger charge is -2.37. The third-order valence-electron chi connectivity index (χ3n) is 6.47. The number of methoxy groups -OCH3 is 1. The van der Waals surface area contributed by atoms with E-state index >= 15 is 0 Å². The average molecular weight is 438 g/mol. The lowest BCUT2D eigenvalue weighted by Crippen LogP contribution is -2.45. The van der Waals surface area contributed by atoms with Crippen LogP contribution >= 0.6 is 0 Å². The summed E-state index contributed by atoms with van der Waals surface area (Å²) in [6.45, 7) is 6.88. The SMILES string of the molecule is CC[C@@H]1CN(S(=O)(=O)c2ccc(OC)cc2)CC[C@H]1CC(=O)NCCN1CCCC1. The normalized spacial score (nSPS) is 23.4. The van der Waals surface area contributed by atoms with Crippen molar-refractivity contribution >= 4 is 15.9 Å². The van der Waals surface area contributed by atoms with Gasteiger partial charge in [-0.25, -0.2) is 8.42 Å². The van der Waals surface area contributed by atoms with E-state index in [1.807, 2.05) is 0 Å². The summed E-state index contributed by atoms with van der Waals surface area (Å²) in [5, 5.41) is 3.06. The van der Waals surface area contributed by atoms with Crippen molar-refractivity contribution in [1.82, 2.24) is 14.5 Å². The number of hydrogen-bond donors (Lipinski definition) is 1. The van der Waals surface area contributed by atoms with E-state index in [0.29, 0.717) is 38.2 Å². The van der Waals surface area contributed by atoms with Crippen LogP contribution in [0, 0.1) is 11.8 Å². The second kappa shape index (κ2) is 10.6. The standard InChI is InChI=1S/C22H35N3O4S/c1-3-18-17-25(30(27,28)21-8-6-20(29-2)7-9-21)14-10-19(18)16-22(26)23-11-15-24-12-4-5-13-24/h6-9,18-19H,3-5,10-17H2,1-2H3,(H,23,26)/t18-,19+/m1/s1. The first-order valence-corrected chi connectivity index (χ1v) is 12.5. The second-order valence-corrected chi connectivity index (χ2v) is 10.3. The van der Waals surface area contributed by atoms with Crippen LogP contribution in [0.15, 0.2) is 29.2 Å². The molecule has 0 radical (unpaired) electrons. The maximum absolute atomic E-state index is 13.0. The first-order chi connectivity index (χ1) is 14.4. The summed E-state index contributed by atoms with van der Waals surface area (Å²) in [4.78, 5) is 15.1. The minimum atomic E-state index is -3.53. The highest BCUT2D eigenvalue weighted by Crippen LogP contribution is 2.32. The minimum absolute atomic E-state index is 0.0871. The Kier molecular flexibility index (Phi) is 8.13. The fourth-order valence-corrected chi connectivity index (χ4v) is 6.08. The van der Waals surface area contributed by atoms with Gasteiger partial charge in [-0.2, -0.15) is 4.31 Å². The van der Waals surface area contributed by atoms with Gasteiger partial charge in [0.15, 0.2) is 0 Å². The quantitative estimate of drug-likeness (QED) is 0.642. The van der Waals surface area contributed by atoms with E-state index < -0.39 is 10.0 Å². The van der Waals surface area contributed by atoms with Gasteiger partial charge >= 0.3 is 0 Å². The van der Waals surface area contributed by atoms with Crippen LogP contribution < -0.4 is 10.1 Å². The number of amides is 1. The monoisotopic (exact) mass is 437 g/mol. The van der Waals surface area contributed by atoms with E-state index in [0.717, 1.165) is 26.1 Å². The van der Waals surface area contributed by atoms with E-state index in [1.165, 1.54) is 12.8 Å². The van der Waals surface area contributed by atoms with Crippen LogP contribution in [-0.2, 0) is 14.8 Å². The van der Waals surface area contributed by atoms with E-state index in [1.54, 1.807) is 35.7 Å². The fourth-order valence-electron chi connectivity index (χ4n) is 4.56. The molecule has 2 fully saturated rings. The summed E-state index contributed by atoms with van der Waals surface area (Å²) in [6.07, 6.45) is 4.57. The van der Waals surface area contributed by atoms with Gasteiger partial charge in [0, 0.05) is 32.6 Å². The van der Waals surface area contributed by atoms with Crippen LogP contribution in [0.3, 0.4) is 0 Å². The number of ether oxygens (including phenoxy) is 1. The van der Waals surface area contributed by atoms with Gasteiger partial charge in [0.2, 0.25) is 15.9 Å². The van der Waals surface area contributed by atoms with E-state index in [2.05, 4.69) is 17.1 Å². The Hall–Kier alpha value is -1.64. The third kappa shape index (κ3) is 5.74. The van der Waals surface area contributed by atoms with Gasteiger partial charge in [-0.05, 0) is 68.5 Å². The number of carbonyl (C=O) groups is 1. The van der Waals surface area contributed by atoms with Crippen molar-refractivity contribution in [1.29, 1.82) is 0 Å². The zero-order chi connectivity index (χ0) is 21.6. The Morgan fingerprint density at radius 3 is 2.47 bits per heavy atom. The smallest absolute Gasteiger partial charge is 0.243 e. The number of nitrogens with one attached hydrogen (secondary N) is 1. The van der Waals surface area contributed by atoms with Crippen molar-refractivity contribution in [2.24, 2.45) is 11.8 Å². The van der Waals surface area contributed by atoms with Crippen molar-refractivity contribution in [2.45, 2.75) is 43.9 Å². The lowest BCUT2D eigenvalue weighted by atomic mass is 9.82. The molecule has 8 heteroatoms. The Morgan fingerprint density at radius 2 is 1.83 bits per heavy atom. The van der Waals surface area contributed by atoms with Crippen LogP contribution in [0.1, 0.15) is 39.0 Å². The molecule has 0 aromatic heterocycles. The molecule has 1 aromatic rings. The molecule has 0 saturated carbocycles. The summed E-state index contributed by atoms with van der Waals surface area (Å²) in [5.41, 5.74) is 0. The molecular formula is C22H35N3O4S. The summed E-state index contributed by atoms with van der Waals surface area (Å²) in [6, 6.07) is 6.52. The molecule has 0 aliphatic carbocycles. The molecule has 7 nitrogen and oxygen atoms in total. The van der Waals surface area contributed by atoms with Crippen molar-refractivity contribution in [3.05, 3.63) is 24.3 Å². The molecule has 1 amide bonds.